The fourth-order valence-corrected chi connectivity index (χ4v) is 2.65. The fourth-order valence-electron chi connectivity index (χ4n) is 2.45. The number of carbonyl (C=O) groups excluding carboxylic acids is 1. The molecule has 1 aromatic rings. The van der Waals surface area contributed by atoms with Crippen LogP contribution in [0.2, 0.25) is 5.02 Å². The molecule has 0 bridgehead atoms. The van der Waals surface area contributed by atoms with Gasteiger partial charge in [0.2, 0.25) is 0 Å². The van der Waals surface area contributed by atoms with Gasteiger partial charge in [-0.3, -0.25) is 9.78 Å². The molecule has 1 aromatic heterocycles. The van der Waals surface area contributed by atoms with Gasteiger partial charge in [-0.05, 0) is 32.8 Å². The summed E-state index contributed by atoms with van der Waals surface area (Å²) in [4.78, 5) is 18.0. The van der Waals surface area contributed by atoms with Crippen molar-refractivity contribution < 1.29 is 9.90 Å². The Bertz CT molecular complexity index is 457. The van der Waals surface area contributed by atoms with Gasteiger partial charge in [0.15, 0.2) is 0 Å². The smallest absolute Gasteiger partial charge is 0.255 e. The molecule has 98 valence electrons. The van der Waals surface area contributed by atoms with Crippen LogP contribution in [0.25, 0.3) is 0 Å². The van der Waals surface area contributed by atoms with Crippen molar-refractivity contribution in [2.24, 2.45) is 0 Å². The maximum absolute atomic E-state index is 12.4. The number of amides is 1. The first-order valence-corrected chi connectivity index (χ1v) is 6.42. The van der Waals surface area contributed by atoms with Crippen LogP contribution in [0, 0.1) is 0 Å². The Labute approximate surface area is 112 Å². The van der Waals surface area contributed by atoms with Gasteiger partial charge in [-0.2, -0.15) is 0 Å². The second-order valence-electron chi connectivity index (χ2n) is 5.17. The fraction of sp³-hybridized carbons (Fsp3) is 0.538. The Morgan fingerprint density at radius 2 is 2.33 bits per heavy atom. The van der Waals surface area contributed by atoms with Gasteiger partial charge in [0, 0.05) is 18.9 Å². The first-order chi connectivity index (χ1) is 8.41. The van der Waals surface area contributed by atoms with Crippen molar-refractivity contribution in [3.05, 3.63) is 29.0 Å². The predicted octanol–water partition coefficient (Wildman–Crippen LogP) is 2.11. The van der Waals surface area contributed by atoms with Gasteiger partial charge >= 0.3 is 0 Å². The van der Waals surface area contributed by atoms with Crippen molar-refractivity contribution in [2.75, 3.05) is 6.54 Å². The summed E-state index contributed by atoms with van der Waals surface area (Å²) in [5, 5.41) is 10.5. The molecular formula is C13H17ClN2O2. The number of halogens is 1. The van der Waals surface area contributed by atoms with E-state index in [9.17, 15) is 9.90 Å². The van der Waals surface area contributed by atoms with Crippen LogP contribution in [0.15, 0.2) is 18.5 Å². The molecule has 1 aliphatic rings. The van der Waals surface area contributed by atoms with Gasteiger partial charge in [0.25, 0.3) is 5.91 Å². The van der Waals surface area contributed by atoms with Crippen LogP contribution in [0.1, 0.15) is 37.0 Å². The second-order valence-corrected chi connectivity index (χ2v) is 5.57. The van der Waals surface area contributed by atoms with Crippen LogP contribution in [-0.4, -0.2) is 39.1 Å². The average molecular weight is 269 g/mol. The Hall–Kier alpha value is -1.13. The highest BCUT2D eigenvalue weighted by Gasteiger charge is 2.39. The number of pyridine rings is 1. The molecule has 1 fully saturated rings. The highest BCUT2D eigenvalue weighted by atomic mass is 35.5. The summed E-state index contributed by atoms with van der Waals surface area (Å²) in [6, 6.07) is 1.46. The van der Waals surface area contributed by atoms with Crippen LogP contribution in [-0.2, 0) is 0 Å². The molecule has 1 N–H and O–H groups in total. The summed E-state index contributed by atoms with van der Waals surface area (Å²) >= 11 is 5.99. The van der Waals surface area contributed by atoms with E-state index >= 15 is 0 Å². The summed E-state index contributed by atoms with van der Waals surface area (Å²) in [5.74, 6) is -0.132. The molecule has 0 saturated carbocycles. The molecule has 18 heavy (non-hydrogen) atoms. The summed E-state index contributed by atoms with van der Waals surface area (Å²) in [7, 11) is 0. The zero-order valence-electron chi connectivity index (χ0n) is 10.6. The minimum absolute atomic E-state index is 0.132. The van der Waals surface area contributed by atoms with Crippen molar-refractivity contribution in [3.63, 3.8) is 0 Å². The SMILES string of the molecule is CC(C)(O)[C@H]1CCCN1C(=O)c1ccncc1Cl. The van der Waals surface area contributed by atoms with Crippen molar-refractivity contribution >= 4 is 17.5 Å². The number of likely N-dealkylation sites (tertiary alicyclic amines) is 1. The van der Waals surface area contributed by atoms with Gasteiger partial charge in [-0.25, -0.2) is 0 Å². The molecule has 0 radical (unpaired) electrons. The Balaban J connectivity index is 2.27. The molecule has 1 aliphatic heterocycles. The predicted molar refractivity (Wildman–Crippen MR) is 69.6 cm³/mol. The molecule has 1 atom stereocenters. The first kappa shape index (κ1) is 13.3. The Kier molecular flexibility index (Phi) is 3.59. The van der Waals surface area contributed by atoms with Crippen molar-refractivity contribution in [1.82, 2.24) is 9.88 Å². The maximum atomic E-state index is 12.4. The van der Waals surface area contributed by atoms with Crippen LogP contribution in [0.5, 0.6) is 0 Å². The van der Waals surface area contributed by atoms with E-state index in [0.29, 0.717) is 17.1 Å². The van der Waals surface area contributed by atoms with E-state index in [4.69, 9.17) is 11.6 Å². The zero-order chi connectivity index (χ0) is 13.3. The average Bonchev–Trinajstić information content (AvgIpc) is 2.77. The molecule has 0 aromatic carbocycles. The largest absolute Gasteiger partial charge is 0.388 e. The van der Waals surface area contributed by atoms with Gasteiger partial charge in [-0.1, -0.05) is 11.6 Å². The summed E-state index contributed by atoms with van der Waals surface area (Å²) in [6.07, 6.45) is 4.74. The van der Waals surface area contributed by atoms with E-state index in [0.717, 1.165) is 12.8 Å². The number of aromatic nitrogens is 1. The highest BCUT2D eigenvalue weighted by molar-refractivity contribution is 6.33. The maximum Gasteiger partial charge on any atom is 0.255 e. The van der Waals surface area contributed by atoms with E-state index in [-0.39, 0.29) is 11.9 Å². The number of rotatable bonds is 2. The molecule has 1 amide bonds. The van der Waals surface area contributed by atoms with E-state index < -0.39 is 5.60 Å². The third kappa shape index (κ3) is 2.49. The number of nitrogens with zero attached hydrogens (tertiary/aromatic N) is 2. The standard InChI is InChI=1S/C13H17ClN2O2/c1-13(2,18)11-4-3-7-16(11)12(17)9-5-6-15-8-10(9)14/h5-6,8,11,18H,3-4,7H2,1-2H3/t11-/m1/s1. The van der Waals surface area contributed by atoms with E-state index in [1.54, 1.807) is 31.0 Å². The molecule has 2 rings (SSSR count). The third-order valence-electron chi connectivity index (χ3n) is 3.33. The van der Waals surface area contributed by atoms with E-state index in [1.165, 1.54) is 6.20 Å². The molecule has 0 unspecified atom stereocenters. The zero-order valence-corrected chi connectivity index (χ0v) is 11.3. The second kappa shape index (κ2) is 4.86. The summed E-state index contributed by atoms with van der Waals surface area (Å²) in [5.41, 5.74) is -0.450. The lowest BCUT2D eigenvalue weighted by Crippen LogP contribution is -2.48. The van der Waals surface area contributed by atoms with Crippen LogP contribution < -0.4 is 0 Å². The third-order valence-corrected chi connectivity index (χ3v) is 3.63. The normalized spacial score (nSPS) is 20.2. The molecule has 5 heteroatoms. The number of aliphatic hydroxyl groups is 1. The lowest BCUT2D eigenvalue weighted by atomic mass is 9.96. The molecule has 0 aliphatic carbocycles. The number of carbonyl (C=O) groups is 1. The quantitative estimate of drug-likeness (QED) is 0.894. The molecule has 0 spiro atoms. The van der Waals surface area contributed by atoms with Crippen molar-refractivity contribution in [2.45, 2.75) is 38.3 Å². The monoisotopic (exact) mass is 268 g/mol. The molecule has 4 nitrogen and oxygen atoms in total. The van der Waals surface area contributed by atoms with Gasteiger partial charge < -0.3 is 10.0 Å². The number of hydrogen-bond donors (Lipinski definition) is 1. The Morgan fingerprint density at radius 3 is 2.94 bits per heavy atom. The van der Waals surface area contributed by atoms with Crippen molar-refractivity contribution in [3.8, 4) is 0 Å². The van der Waals surface area contributed by atoms with Crippen LogP contribution >= 0.6 is 11.6 Å². The van der Waals surface area contributed by atoms with Gasteiger partial charge in [0.1, 0.15) is 0 Å². The Morgan fingerprint density at radius 1 is 1.61 bits per heavy atom. The lowest BCUT2D eigenvalue weighted by molar-refractivity contribution is 0.000337. The van der Waals surface area contributed by atoms with Crippen LogP contribution in [0.4, 0.5) is 0 Å². The molecule has 2 heterocycles. The van der Waals surface area contributed by atoms with E-state index in [1.807, 2.05) is 0 Å². The lowest BCUT2D eigenvalue weighted by Gasteiger charge is -2.34. The summed E-state index contributed by atoms with van der Waals surface area (Å²) < 4.78 is 0. The van der Waals surface area contributed by atoms with E-state index in [2.05, 4.69) is 4.98 Å². The van der Waals surface area contributed by atoms with Gasteiger partial charge in [-0.15, -0.1) is 0 Å². The van der Waals surface area contributed by atoms with Gasteiger partial charge in [0.05, 0.1) is 22.2 Å². The minimum Gasteiger partial charge on any atom is -0.388 e. The molecular weight excluding hydrogens is 252 g/mol. The van der Waals surface area contributed by atoms with Crippen molar-refractivity contribution in [1.29, 1.82) is 0 Å². The minimum atomic E-state index is -0.897. The summed E-state index contributed by atoms with van der Waals surface area (Å²) in [6.45, 7) is 4.13. The first-order valence-electron chi connectivity index (χ1n) is 6.04. The highest BCUT2D eigenvalue weighted by Crippen LogP contribution is 2.29. The topological polar surface area (TPSA) is 53.4 Å². The van der Waals surface area contributed by atoms with Crippen LogP contribution in [0.3, 0.4) is 0 Å². The molecule has 1 saturated heterocycles. The number of hydrogen-bond acceptors (Lipinski definition) is 3.